The van der Waals surface area contributed by atoms with Crippen LogP contribution >= 0.6 is 0 Å². The molecular weight excluding hydrogens is 264 g/mol. The molecule has 0 aliphatic heterocycles. The molecule has 1 aromatic carbocycles. The van der Waals surface area contributed by atoms with E-state index in [4.69, 9.17) is 10.3 Å². The van der Waals surface area contributed by atoms with Gasteiger partial charge in [0.1, 0.15) is 5.82 Å². The van der Waals surface area contributed by atoms with Crippen LogP contribution in [0.25, 0.3) is 0 Å². The molecule has 2 aromatic rings. The van der Waals surface area contributed by atoms with Crippen molar-refractivity contribution in [3.05, 3.63) is 59.3 Å². The highest BCUT2D eigenvalue weighted by molar-refractivity contribution is 5.38. The maximum Gasteiger partial charge on any atom is 0.416 e. The molecule has 102 valence electrons. The molecule has 0 saturated carbocycles. The van der Waals surface area contributed by atoms with Crippen LogP contribution in [0.1, 0.15) is 22.7 Å². The average molecular weight is 274 g/mol. The molecule has 19 heavy (non-hydrogen) atoms. The van der Waals surface area contributed by atoms with E-state index in [1.807, 2.05) is 0 Å². The molecule has 0 bridgehead atoms. The fourth-order valence-corrected chi connectivity index (χ4v) is 1.84. The van der Waals surface area contributed by atoms with Gasteiger partial charge in [0.25, 0.3) is 0 Å². The minimum Gasteiger partial charge on any atom is -0.472 e. The molecular formula is C12H10F4N2O. The molecule has 0 amide bonds. The van der Waals surface area contributed by atoms with Gasteiger partial charge in [-0.1, -0.05) is 0 Å². The van der Waals surface area contributed by atoms with Crippen molar-refractivity contribution in [2.75, 3.05) is 0 Å². The molecule has 1 heterocycles. The molecule has 3 nitrogen and oxygen atoms in total. The summed E-state index contributed by atoms with van der Waals surface area (Å²) in [5.41, 5.74) is 1.37. The van der Waals surface area contributed by atoms with Crippen LogP contribution in [0.15, 0.2) is 41.2 Å². The van der Waals surface area contributed by atoms with E-state index in [0.717, 1.165) is 12.1 Å². The minimum absolute atomic E-state index is 0.295. The number of rotatable bonds is 3. The van der Waals surface area contributed by atoms with E-state index < -0.39 is 23.6 Å². The number of furan rings is 1. The van der Waals surface area contributed by atoms with Crippen molar-refractivity contribution in [3.63, 3.8) is 0 Å². The van der Waals surface area contributed by atoms with E-state index in [1.165, 1.54) is 18.6 Å². The Bertz CT molecular complexity index is 551. The lowest BCUT2D eigenvalue weighted by molar-refractivity contribution is -0.138. The van der Waals surface area contributed by atoms with E-state index in [1.54, 1.807) is 0 Å². The Labute approximate surface area is 106 Å². The molecule has 1 aromatic heterocycles. The van der Waals surface area contributed by atoms with Gasteiger partial charge < -0.3 is 4.42 Å². The molecule has 0 spiro atoms. The zero-order valence-electron chi connectivity index (χ0n) is 9.54. The number of halogens is 4. The minimum atomic E-state index is -4.60. The molecule has 0 saturated heterocycles. The Morgan fingerprint density at radius 2 is 1.95 bits per heavy atom. The first-order chi connectivity index (χ1) is 8.93. The molecule has 1 atom stereocenters. The molecule has 7 heteroatoms. The van der Waals surface area contributed by atoms with E-state index in [2.05, 4.69) is 5.43 Å². The summed E-state index contributed by atoms with van der Waals surface area (Å²) < 4.78 is 56.7. The summed E-state index contributed by atoms with van der Waals surface area (Å²) in [5.74, 6) is 4.51. The average Bonchev–Trinajstić information content (AvgIpc) is 2.82. The van der Waals surface area contributed by atoms with Crippen molar-refractivity contribution in [1.82, 2.24) is 5.43 Å². The van der Waals surface area contributed by atoms with E-state index >= 15 is 0 Å². The number of hydrogen-bond donors (Lipinski definition) is 2. The maximum atomic E-state index is 13.2. The van der Waals surface area contributed by atoms with Crippen LogP contribution in [0.4, 0.5) is 17.6 Å². The summed E-state index contributed by atoms with van der Waals surface area (Å²) >= 11 is 0. The number of benzene rings is 1. The lowest BCUT2D eigenvalue weighted by Gasteiger charge is -2.20. The van der Waals surface area contributed by atoms with Gasteiger partial charge in [-0.05, 0) is 29.8 Å². The smallest absolute Gasteiger partial charge is 0.416 e. The summed E-state index contributed by atoms with van der Waals surface area (Å²) in [5, 5.41) is 0. The number of alkyl halides is 3. The lowest BCUT2D eigenvalue weighted by atomic mass is 9.96. The molecule has 0 fully saturated rings. The predicted octanol–water partition coefficient (Wildman–Crippen LogP) is 2.99. The van der Waals surface area contributed by atoms with Gasteiger partial charge in [0, 0.05) is 5.56 Å². The van der Waals surface area contributed by atoms with Crippen molar-refractivity contribution >= 4 is 0 Å². The second-order valence-electron chi connectivity index (χ2n) is 3.89. The molecule has 1 unspecified atom stereocenters. The van der Waals surface area contributed by atoms with Gasteiger partial charge in [0.05, 0.1) is 24.1 Å². The topological polar surface area (TPSA) is 51.2 Å². The Hall–Kier alpha value is -1.86. The van der Waals surface area contributed by atoms with Crippen LogP contribution in [0, 0.1) is 5.82 Å². The van der Waals surface area contributed by atoms with Gasteiger partial charge in [-0.25, -0.2) is 9.82 Å². The third-order valence-corrected chi connectivity index (χ3v) is 2.67. The lowest BCUT2D eigenvalue weighted by Crippen LogP contribution is -2.30. The van der Waals surface area contributed by atoms with Gasteiger partial charge in [-0.2, -0.15) is 13.2 Å². The Morgan fingerprint density at radius 3 is 2.47 bits per heavy atom. The van der Waals surface area contributed by atoms with Crippen LogP contribution in [0.5, 0.6) is 0 Å². The largest absolute Gasteiger partial charge is 0.472 e. The molecule has 0 radical (unpaired) electrons. The van der Waals surface area contributed by atoms with E-state index in [-0.39, 0.29) is 5.56 Å². The maximum absolute atomic E-state index is 13.2. The van der Waals surface area contributed by atoms with E-state index in [0.29, 0.717) is 11.6 Å². The fraction of sp³-hybridized carbons (Fsp3) is 0.167. The van der Waals surface area contributed by atoms with Gasteiger partial charge in [0.15, 0.2) is 0 Å². The molecule has 0 aliphatic carbocycles. The zero-order valence-corrected chi connectivity index (χ0v) is 9.54. The second kappa shape index (κ2) is 5.02. The molecule has 3 N–H and O–H groups in total. The first-order valence-corrected chi connectivity index (χ1v) is 5.28. The van der Waals surface area contributed by atoms with E-state index in [9.17, 15) is 17.6 Å². The van der Waals surface area contributed by atoms with Gasteiger partial charge in [0.2, 0.25) is 0 Å². The Morgan fingerprint density at radius 1 is 1.21 bits per heavy atom. The number of nitrogens with two attached hydrogens (primary N) is 1. The third kappa shape index (κ3) is 2.77. The standard InChI is InChI=1S/C12H10F4N2O/c13-8-1-2-10(12(14,15)16)9(5-8)11(18-17)7-3-4-19-6-7/h1-6,11,18H,17H2. The third-order valence-electron chi connectivity index (χ3n) is 2.67. The highest BCUT2D eigenvalue weighted by Gasteiger charge is 2.35. The first kappa shape index (κ1) is 13.6. The summed E-state index contributed by atoms with van der Waals surface area (Å²) in [7, 11) is 0. The highest BCUT2D eigenvalue weighted by atomic mass is 19.4. The predicted molar refractivity (Wildman–Crippen MR) is 59.3 cm³/mol. The van der Waals surface area contributed by atoms with Crippen molar-refractivity contribution < 1.29 is 22.0 Å². The van der Waals surface area contributed by atoms with Crippen LogP contribution in [-0.2, 0) is 6.18 Å². The summed E-state index contributed by atoms with van der Waals surface area (Å²) in [6.07, 6.45) is -2.05. The monoisotopic (exact) mass is 274 g/mol. The van der Waals surface area contributed by atoms with Crippen molar-refractivity contribution in [3.8, 4) is 0 Å². The van der Waals surface area contributed by atoms with Crippen LogP contribution in [0.2, 0.25) is 0 Å². The van der Waals surface area contributed by atoms with Crippen molar-refractivity contribution in [2.24, 2.45) is 5.84 Å². The summed E-state index contributed by atoms with van der Waals surface area (Å²) in [6, 6.07) is 2.70. The van der Waals surface area contributed by atoms with Gasteiger partial charge >= 0.3 is 6.18 Å². The van der Waals surface area contributed by atoms with Crippen molar-refractivity contribution in [1.29, 1.82) is 0 Å². The molecule has 2 rings (SSSR count). The van der Waals surface area contributed by atoms with Crippen LogP contribution in [-0.4, -0.2) is 0 Å². The fourth-order valence-electron chi connectivity index (χ4n) is 1.84. The molecule has 0 aliphatic rings. The normalized spacial score (nSPS) is 13.5. The quantitative estimate of drug-likeness (QED) is 0.514. The Kier molecular flexibility index (Phi) is 3.59. The van der Waals surface area contributed by atoms with Gasteiger partial charge in [-0.3, -0.25) is 5.84 Å². The van der Waals surface area contributed by atoms with Crippen LogP contribution in [0.3, 0.4) is 0 Å². The zero-order chi connectivity index (χ0) is 14.0. The first-order valence-electron chi connectivity index (χ1n) is 5.28. The van der Waals surface area contributed by atoms with Crippen LogP contribution < -0.4 is 11.3 Å². The SMILES string of the molecule is NNC(c1ccoc1)c1cc(F)ccc1C(F)(F)F. The summed E-state index contributed by atoms with van der Waals surface area (Å²) in [4.78, 5) is 0. The number of nitrogens with one attached hydrogen (secondary N) is 1. The number of hydrogen-bond acceptors (Lipinski definition) is 3. The Balaban J connectivity index is 2.56. The highest BCUT2D eigenvalue weighted by Crippen LogP contribution is 2.36. The second-order valence-corrected chi connectivity index (χ2v) is 3.89. The number of hydrazine groups is 1. The van der Waals surface area contributed by atoms with Crippen molar-refractivity contribution in [2.45, 2.75) is 12.2 Å². The van der Waals surface area contributed by atoms with Gasteiger partial charge in [-0.15, -0.1) is 0 Å². The summed E-state index contributed by atoms with van der Waals surface area (Å²) in [6.45, 7) is 0.